The molecule has 196 valence electrons. The van der Waals surface area contributed by atoms with Crippen molar-refractivity contribution in [3.63, 3.8) is 0 Å². The third-order valence-corrected chi connectivity index (χ3v) is 13.3. The van der Waals surface area contributed by atoms with Gasteiger partial charge in [-0.25, -0.2) is 0 Å². The van der Waals surface area contributed by atoms with Gasteiger partial charge in [-0.05, 0) is 124 Å². The van der Waals surface area contributed by atoms with Crippen molar-refractivity contribution in [1.82, 2.24) is 0 Å². The second-order valence-corrected chi connectivity index (χ2v) is 15.4. The zero-order chi connectivity index (χ0) is 25.1. The van der Waals surface area contributed by atoms with Gasteiger partial charge < -0.3 is 20.1 Å². The lowest BCUT2D eigenvalue weighted by atomic mass is 9.35. The molecule has 4 nitrogen and oxygen atoms in total. The van der Waals surface area contributed by atoms with Crippen LogP contribution < -0.4 is 0 Å². The monoisotopic (exact) mass is 476 g/mol. The van der Waals surface area contributed by atoms with E-state index in [-0.39, 0.29) is 51.5 Å². The molecule has 4 heteroatoms. The minimum Gasteiger partial charge on any atom is -0.393 e. The summed E-state index contributed by atoms with van der Waals surface area (Å²) in [7, 11) is 0. The van der Waals surface area contributed by atoms with Crippen LogP contribution in [0.4, 0.5) is 0 Å². The number of ether oxygens (including phenoxy) is 1. The molecule has 1 saturated heterocycles. The Morgan fingerprint density at radius 3 is 2.03 bits per heavy atom. The van der Waals surface area contributed by atoms with Gasteiger partial charge in [0.2, 0.25) is 0 Å². The molecule has 3 N–H and O–H groups in total. The molecule has 4 unspecified atom stereocenters. The number of rotatable bonds is 2. The molecule has 0 aromatic rings. The van der Waals surface area contributed by atoms with Gasteiger partial charge in [-0.2, -0.15) is 0 Å². The topological polar surface area (TPSA) is 69.9 Å². The zero-order valence-corrected chi connectivity index (χ0v) is 23.2. The summed E-state index contributed by atoms with van der Waals surface area (Å²) in [5.74, 6) is 1.59. The van der Waals surface area contributed by atoms with E-state index in [1.165, 1.54) is 12.8 Å². The van der Waals surface area contributed by atoms with Gasteiger partial charge in [0.1, 0.15) is 0 Å². The SMILES string of the molecule is CC(C)(O)[C@H]1CC[C@@](C)(C2CC[C@]3(C)C2[C@H](O)CC2[C@@]4(C)CC[C@H](O)C(C)(C)C4CC[C@]23C)O1. The number of hydrogen-bond donors (Lipinski definition) is 3. The van der Waals surface area contributed by atoms with E-state index >= 15 is 0 Å². The Balaban J connectivity index is 1.48. The lowest BCUT2D eigenvalue weighted by Gasteiger charge is -2.70. The molecule has 0 radical (unpaired) electrons. The molecule has 1 aliphatic heterocycles. The summed E-state index contributed by atoms with van der Waals surface area (Å²) in [6.07, 6.45) is 8.72. The quantitative estimate of drug-likeness (QED) is 0.477. The minimum atomic E-state index is -0.826. The van der Waals surface area contributed by atoms with E-state index in [2.05, 4.69) is 41.5 Å². The molecule has 0 bridgehead atoms. The zero-order valence-electron chi connectivity index (χ0n) is 23.2. The fourth-order valence-electron chi connectivity index (χ4n) is 11.1. The Labute approximate surface area is 208 Å². The summed E-state index contributed by atoms with van der Waals surface area (Å²) in [5, 5.41) is 33.4. The number of aliphatic hydroxyl groups excluding tert-OH is 2. The minimum absolute atomic E-state index is 0.0630. The largest absolute Gasteiger partial charge is 0.393 e. The van der Waals surface area contributed by atoms with Crippen LogP contribution in [0.1, 0.15) is 113 Å². The third-order valence-electron chi connectivity index (χ3n) is 13.3. The molecule has 0 amide bonds. The molecule has 11 atom stereocenters. The molecule has 0 spiro atoms. The van der Waals surface area contributed by atoms with Crippen molar-refractivity contribution in [3.05, 3.63) is 0 Å². The third kappa shape index (κ3) is 3.16. The average Bonchev–Trinajstić information content (AvgIpc) is 3.30. The van der Waals surface area contributed by atoms with Crippen molar-refractivity contribution in [2.45, 2.75) is 143 Å². The Morgan fingerprint density at radius 2 is 1.41 bits per heavy atom. The molecular weight excluding hydrogens is 424 g/mol. The summed E-state index contributed by atoms with van der Waals surface area (Å²) >= 11 is 0. The summed E-state index contributed by atoms with van der Waals surface area (Å²) < 4.78 is 6.66. The predicted octanol–water partition coefficient (Wildman–Crippen LogP) is 5.71. The van der Waals surface area contributed by atoms with Crippen LogP contribution >= 0.6 is 0 Å². The molecule has 34 heavy (non-hydrogen) atoms. The second kappa shape index (κ2) is 7.45. The molecule has 0 aromatic carbocycles. The van der Waals surface area contributed by atoms with Crippen LogP contribution in [0.2, 0.25) is 0 Å². The van der Waals surface area contributed by atoms with E-state index in [0.717, 1.165) is 44.9 Å². The number of aliphatic hydroxyl groups is 3. The molecule has 4 saturated carbocycles. The van der Waals surface area contributed by atoms with Crippen molar-refractivity contribution in [2.24, 2.45) is 45.3 Å². The van der Waals surface area contributed by atoms with Crippen LogP contribution in [0.25, 0.3) is 0 Å². The smallest absolute Gasteiger partial charge is 0.0865 e. The Hall–Kier alpha value is -0.160. The van der Waals surface area contributed by atoms with Crippen LogP contribution in [0.3, 0.4) is 0 Å². The molecule has 5 aliphatic rings. The fraction of sp³-hybridized carbons (Fsp3) is 1.00. The second-order valence-electron chi connectivity index (χ2n) is 15.4. The first kappa shape index (κ1) is 25.5. The fourth-order valence-corrected chi connectivity index (χ4v) is 11.1. The first-order valence-corrected chi connectivity index (χ1v) is 14.3. The van der Waals surface area contributed by atoms with Gasteiger partial charge in [0.05, 0.1) is 29.5 Å². The van der Waals surface area contributed by atoms with E-state index in [4.69, 9.17) is 4.74 Å². The standard InChI is InChI=1S/C30H52O4/c1-25(2)20-10-15-28(6)21(27(20,5)13-11-22(25)32)17-19(31)24-18(9-14-29(24,28)7)30(8)16-12-23(34-30)26(3,4)33/h18-24,31-33H,9-17H2,1-8H3/t18?,19-,20?,21?,22+,23-,24?,27+,28-,29-,30+/m1/s1. The van der Waals surface area contributed by atoms with E-state index in [1.54, 1.807) is 0 Å². The van der Waals surface area contributed by atoms with Gasteiger partial charge in [0.15, 0.2) is 0 Å². The van der Waals surface area contributed by atoms with Crippen LogP contribution in [0.5, 0.6) is 0 Å². The highest BCUT2D eigenvalue weighted by Gasteiger charge is 2.71. The van der Waals surface area contributed by atoms with Crippen molar-refractivity contribution in [3.8, 4) is 0 Å². The predicted molar refractivity (Wildman–Crippen MR) is 135 cm³/mol. The molecule has 4 aliphatic carbocycles. The number of hydrogen-bond acceptors (Lipinski definition) is 4. The maximum atomic E-state index is 11.9. The lowest BCUT2D eigenvalue weighted by molar-refractivity contribution is -0.248. The molecule has 1 heterocycles. The highest BCUT2D eigenvalue weighted by atomic mass is 16.5. The van der Waals surface area contributed by atoms with Crippen molar-refractivity contribution in [1.29, 1.82) is 0 Å². The van der Waals surface area contributed by atoms with Gasteiger partial charge in [-0.3, -0.25) is 0 Å². The van der Waals surface area contributed by atoms with Crippen LogP contribution in [0.15, 0.2) is 0 Å². The van der Waals surface area contributed by atoms with Gasteiger partial charge >= 0.3 is 0 Å². The summed E-state index contributed by atoms with van der Waals surface area (Å²) in [5.41, 5.74) is -0.703. The van der Waals surface area contributed by atoms with E-state index in [9.17, 15) is 15.3 Å². The van der Waals surface area contributed by atoms with E-state index < -0.39 is 5.60 Å². The highest BCUT2D eigenvalue weighted by Crippen LogP contribution is 2.76. The van der Waals surface area contributed by atoms with Crippen LogP contribution in [-0.2, 0) is 4.74 Å². The molecule has 5 rings (SSSR count). The van der Waals surface area contributed by atoms with E-state index in [1.807, 2.05) is 13.8 Å². The van der Waals surface area contributed by atoms with Crippen LogP contribution in [-0.4, -0.2) is 44.8 Å². The average molecular weight is 477 g/mol. The highest BCUT2D eigenvalue weighted by molar-refractivity contribution is 5.20. The lowest BCUT2D eigenvalue weighted by Crippen LogP contribution is -2.66. The first-order valence-electron chi connectivity index (χ1n) is 14.3. The number of fused-ring (bicyclic) bond motifs is 5. The summed E-state index contributed by atoms with van der Waals surface area (Å²) in [6.45, 7) is 18.1. The Bertz CT molecular complexity index is 817. The summed E-state index contributed by atoms with van der Waals surface area (Å²) in [6, 6.07) is 0. The molecular formula is C30H52O4. The molecule has 0 aromatic heterocycles. The van der Waals surface area contributed by atoms with Crippen molar-refractivity contribution in [2.75, 3.05) is 0 Å². The maximum Gasteiger partial charge on any atom is 0.0865 e. The Morgan fingerprint density at radius 1 is 0.765 bits per heavy atom. The Kier molecular flexibility index (Phi) is 5.59. The van der Waals surface area contributed by atoms with Crippen molar-refractivity contribution < 1.29 is 20.1 Å². The molecule has 5 fully saturated rings. The first-order chi connectivity index (χ1) is 15.5. The normalized spacial score (nSPS) is 57.1. The van der Waals surface area contributed by atoms with Crippen molar-refractivity contribution >= 4 is 0 Å². The van der Waals surface area contributed by atoms with Gasteiger partial charge in [0.25, 0.3) is 0 Å². The van der Waals surface area contributed by atoms with Gasteiger partial charge in [-0.15, -0.1) is 0 Å². The van der Waals surface area contributed by atoms with Gasteiger partial charge in [0, 0.05) is 0 Å². The van der Waals surface area contributed by atoms with Crippen LogP contribution in [0, 0.1) is 45.3 Å². The van der Waals surface area contributed by atoms with Gasteiger partial charge in [-0.1, -0.05) is 34.6 Å². The summed E-state index contributed by atoms with van der Waals surface area (Å²) in [4.78, 5) is 0. The van der Waals surface area contributed by atoms with E-state index in [0.29, 0.717) is 17.8 Å². The maximum absolute atomic E-state index is 11.9.